The smallest absolute Gasteiger partial charge is 0.246 e. The Morgan fingerprint density at radius 1 is 1.16 bits per heavy atom. The summed E-state index contributed by atoms with van der Waals surface area (Å²) in [4.78, 5) is 16.8. The summed E-state index contributed by atoms with van der Waals surface area (Å²) in [5.41, 5.74) is 2.99. The van der Waals surface area contributed by atoms with E-state index in [1.807, 2.05) is 38.1 Å². The number of rotatable bonds is 8. The van der Waals surface area contributed by atoms with Gasteiger partial charge in [-0.25, -0.2) is 8.42 Å². The lowest BCUT2D eigenvalue weighted by molar-refractivity contribution is -0.119. The van der Waals surface area contributed by atoms with Gasteiger partial charge in [-0.1, -0.05) is 35.0 Å². The van der Waals surface area contributed by atoms with Crippen molar-refractivity contribution >= 4 is 21.6 Å². The Kier molecular flexibility index (Phi) is 6.59. The Hall–Kier alpha value is -3.40. The lowest BCUT2D eigenvalue weighted by Gasteiger charge is -2.24. The van der Waals surface area contributed by atoms with E-state index in [0.29, 0.717) is 17.3 Å². The number of carbonyl (C=O) groups is 1. The fraction of sp³-hybridized carbons (Fsp3) is 0.286. The topological polar surface area (TPSA) is 115 Å². The van der Waals surface area contributed by atoms with E-state index in [4.69, 9.17) is 9.26 Å². The van der Waals surface area contributed by atoms with Gasteiger partial charge in [0, 0.05) is 5.56 Å². The molecule has 3 aromatic rings. The van der Waals surface area contributed by atoms with E-state index in [-0.39, 0.29) is 12.4 Å². The zero-order valence-electron chi connectivity index (χ0n) is 17.7. The average Bonchev–Trinajstić information content (AvgIpc) is 3.19. The van der Waals surface area contributed by atoms with Crippen LogP contribution in [-0.4, -0.2) is 44.4 Å². The lowest BCUT2D eigenvalue weighted by Crippen LogP contribution is -2.40. The lowest BCUT2D eigenvalue weighted by atomic mass is 10.1. The summed E-state index contributed by atoms with van der Waals surface area (Å²) in [6.45, 7) is 3.34. The number of amides is 1. The maximum Gasteiger partial charge on any atom is 0.246 e. The molecule has 1 aromatic heterocycles. The van der Waals surface area contributed by atoms with Crippen molar-refractivity contribution in [3.8, 4) is 17.1 Å². The van der Waals surface area contributed by atoms with Crippen molar-refractivity contribution < 1.29 is 22.5 Å². The zero-order chi connectivity index (χ0) is 22.6. The van der Waals surface area contributed by atoms with Crippen LogP contribution in [0.5, 0.6) is 5.75 Å². The van der Waals surface area contributed by atoms with Crippen molar-refractivity contribution in [2.75, 3.05) is 24.2 Å². The van der Waals surface area contributed by atoms with Crippen LogP contribution in [0.15, 0.2) is 47.0 Å². The minimum absolute atomic E-state index is 0.0276. The van der Waals surface area contributed by atoms with Gasteiger partial charge in [-0.05, 0) is 37.6 Å². The van der Waals surface area contributed by atoms with Crippen LogP contribution in [0.3, 0.4) is 0 Å². The number of aromatic nitrogens is 2. The number of hydrogen-bond acceptors (Lipinski definition) is 7. The van der Waals surface area contributed by atoms with Gasteiger partial charge in [-0.15, -0.1) is 0 Å². The second-order valence-corrected chi connectivity index (χ2v) is 9.01. The van der Waals surface area contributed by atoms with Gasteiger partial charge in [0.2, 0.25) is 27.6 Å². The second-order valence-electron chi connectivity index (χ2n) is 7.10. The first kappa shape index (κ1) is 22.3. The standard InChI is InChI=1S/C21H24N4O5S/c1-14-6-5-7-16(10-14)21-23-20(30-24-21)12-22-19(26)13-25(31(4,27)28)17-11-15(2)8-9-18(17)29-3/h5-11H,12-13H2,1-4H3,(H,22,26). The van der Waals surface area contributed by atoms with Gasteiger partial charge in [0.1, 0.15) is 12.3 Å². The summed E-state index contributed by atoms with van der Waals surface area (Å²) in [6, 6.07) is 12.7. The molecular formula is C21H24N4O5S. The third-order valence-corrected chi connectivity index (χ3v) is 5.60. The molecular weight excluding hydrogens is 420 g/mol. The molecule has 0 atom stereocenters. The average molecular weight is 445 g/mol. The number of nitrogens with zero attached hydrogens (tertiary/aromatic N) is 3. The summed E-state index contributed by atoms with van der Waals surface area (Å²) in [5.74, 6) is 0.451. The van der Waals surface area contributed by atoms with Crippen LogP contribution in [0.4, 0.5) is 5.69 Å². The van der Waals surface area contributed by atoms with Gasteiger partial charge in [0.05, 0.1) is 25.6 Å². The summed E-state index contributed by atoms with van der Waals surface area (Å²) < 4.78 is 36.2. The third kappa shape index (κ3) is 5.60. The summed E-state index contributed by atoms with van der Waals surface area (Å²) in [5, 5.41) is 6.54. The molecule has 0 saturated carbocycles. The Labute approximate surface area is 181 Å². The molecule has 0 radical (unpaired) electrons. The molecule has 1 heterocycles. The van der Waals surface area contributed by atoms with Crippen molar-refractivity contribution in [3.63, 3.8) is 0 Å². The first-order chi connectivity index (χ1) is 14.7. The SMILES string of the molecule is COc1ccc(C)cc1N(CC(=O)NCc1nc(-c2cccc(C)c2)no1)S(C)(=O)=O. The van der Waals surface area contributed by atoms with Crippen molar-refractivity contribution in [1.82, 2.24) is 15.5 Å². The first-order valence-corrected chi connectivity index (χ1v) is 11.3. The van der Waals surface area contributed by atoms with Crippen LogP contribution in [0.1, 0.15) is 17.0 Å². The second kappa shape index (κ2) is 9.17. The predicted molar refractivity (Wildman–Crippen MR) is 116 cm³/mol. The van der Waals surface area contributed by atoms with Gasteiger partial charge < -0.3 is 14.6 Å². The molecule has 0 saturated heterocycles. The van der Waals surface area contributed by atoms with E-state index >= 15 is 0 Å². The van der Waals surface area contributed by atoms with Crippen LogP contribution in [0.25, 0.3) is 11.4 Å². The molecule has 9 nitrogen and oxygen atoms in total. The normalized spacial score (nSPS) is 11.2. The van der Waals surface area contributed by atoms with Crippen LogP contribution in [0, 0.1) is 13.8 Å². The number of nitrogens with one attached hydrogen (secondary N) is 1. The molecule has 0 aliphatic rings. The first-order valence-electron chi connectivity index (χ1n) is 9.46. The Morgan fingerprint density at radius 2 is 1.90 bits per heavy atom. The molecule has 164 valence electrons. The minimum atomic E-state index is -3.74. The van der Waals surface area contributed by atoms with E-state index in [2.05, 4.69) is 15.5 Å². The Morgan fingerprint density at radius 3 is 2.58 bits per heavy atom. The number of anilines is 1. The monoisotopic (exact) mass is 444 g/mol. The molecule has 10 heteroatoms. The molecule has 1 amide bonds. The summed E-state index contributed by atoms with van der Waals surface area (Å²) in [7, 11) is -2.30. The van der Waals surface area contributed by atoms with Gasteiger partial charge in [-0.3, -0.25) is 9.10 Å². The third-order valence-electron chi connectivity index (χ3n) is 4.47. The van der Waals surface area contributed by atoms with Gasteiger partial charge >= 0.3 is 0 Å². The quantitative estimate of drug-likeness (QED) is 0.567. The zero-order valence-corrected chi connectivity index (χ0v) is 18.6. The van der Waals surface area contributed by atoms with Crippen LogP contribution in [-0.2, 0) is 21.4 Å². The molecule has 0 aliphatic heterocycles. The summed E-state index contributed by atoms with van der Waals surface area (Å²) >= 11 is 0. The molecule has 31 heavy (non-hydrogen) atoms. The molecule has 0 spiro atoms. The number of carbonyl (C=O) groups excluding carboxylic acids is 1. The van der Waals surface area contributed by atoms with Crippen molar-refractivity contribution in [2.45, 2.75) is 20.4 Å². The van der Waals surface area contributed by atoms with Gasteiger partial charge in [0.15, 0.2) is 0 Å². The maximum atomic E-state index is 12.5. The molecule has 1 N–H and O–H groups in total. The molecule has 2 aromatic carbocycles. The van der Waals surface area contributed by atoms with Gasteiger partial charge in [0.25, 0.3) is 0 Å². The highest BCUT2D eigenvalue weighted by Gasteiger charge is 2.24. The van der Waals surface area contributed by atoms with E-state index in [1.54, 1.807) is 18.2 Å². The van der Waals surface area contributed by atoms with Crippen molar-refractivity contribution in [3.05, 3.63) is 59.5 Å². The van der Waals surface area contributed by atoms with Crippen LogP contribution < -0.4 is 14.4 Å². The number of ether oxygens (including phenoxy) is 1. The van der Waals surface area contributed by atoms with Crippen molar-refractivity contribution in [2.24, 2.45) is 0 Å². The molecule has 3 rings (SSSR count). The highest BCUT2D eigenvalue weighted by atomic mass is 32.2. The number of hydrogen-bond donors (Lipinski definition) is 1. The van der Waals surface area contributed by atoms with E-state index in [1.165, 1.54) is 7.11 Å². The number of methoxy groups -OCH3 is 1. The Balaban J connectivity index is 1.71. The van der Waals surface area contributed by atoms with E-state index in [0.717, 1.165) is 27.3 Å². The van der Waals surface area contributed by atoms with E-state index < -0.39 is 22.5 Å². The van der Waals surface area contributed by atoms with E-state index in [9.17, 15) is 13.2 Å². The van der Waals surface area contributed by atoms with Crippen molar-refractivity contribution in [1.29, 1.82) is 0 Å². The molecule has 0 fully saturated rings. The number of sulfonamides is 1. The van der Waals surface area contributed by atoms with Crippen LogP contribution in [0.2, 0.25) is 0 Å². The largest absolute Gasteiger partial charge is 0.495 e. The molecule has 0 bridgehead atoms. The molecule has 0 aliphatic carbocycles. The highest BCUT2D eigenvalue weighted by molar-refractivity contribution is 7.92. The highest BCUT2D eigenvalue weighted by Crippen LogP contribution is 2.30. The predicted octanol–water partition coefficient (Wildman–Crippen LogP) is 2.44. The minimum Gasteiger partial charge on any atom is -0.495 e. The fourth-order valence-electron chi connectivity index (χ4n) is 2.96. The number of benzene rings is 2. The fourth-order valence-corrected chi connectivity index (χ4v) is 3.82. The Bertz CT molecular complexity index is 1190. The molecule has 0 unspecified atom stereocenters. The number of aryl methyl sites for hydroxylation is 2. The van der Waals surface area contributed by atoms with Gasteiger partial charge in [-0.2, -0.15) is 4.98 Å². The van der Waals surface area contributed by atoms with Crippen LogP contribution >= 0.6 is 0 Å². The maximum absolute atomic E-state index is 12.5. The summed E-state index contributed by atoms with van der Waals surface area (Å²) in [6.07, 6.45) is 1.04.